The first-order valence-electron chi connectivity index (χ1n) is 6.14. The summed E-state index contributed by atoms with van der Waals surface area (Å²) < 4.78 is 27.5. The molecule has 5 heteroatoms. The molecule has 3 N–H and O–H groups in total. The first-order chi connectivity index (χ1) is 8.34. The van der Waals surface area contributed by atoms with Crippen LogP contribution < -0.4 is 10.5 Å². The maximum atomic E-state index is 12.4. The summed E-state index contributed by atoms with van der Waals surface area (Å²) in [6.45, 7) is 6.09. The molecule has 1 aromatic rings. The van der Waals surface area contributed by atoms with E-state index in [-0.39, 0.29) is 0 Å². The van der Waals surface area contributed by atoms with Gasteiger partial charge in [0.1, 0.15) is 0 Å². The lowest BCUT2D eigenvalue weighted by Crippen LogP contribution is -2.46. The van der Waals surface area contributed by atoms with Crippen LogP contribution in [-0.4, -0.2) is 20.5 Å². The smallest absolute Gasteiger partial charge is 0.241 e. The van der Waals surface area contributed by atoms with Crippen LogP contribution in [0.3, 0.4) is 0 Å². The fourth-order valence-corrected chi connectivity index (χ4v) is 3.61. The zero-order valence-electron chi connectivity index (χ0n) is 11.2. The van der Waals surface area contributed by atoms with Crippen molar-refractivity contribution in [2.75, 3.05) is 6.54 Å². The summed E-state index contributed by atoms with van der Waals surface area (Å²) >= 11 is 0. The van der Waals surface area contributed by atoms with Gasteiger partial charge >= 0.3 is 0 Å². The largest absolute Gasteiger partial charge is 0.330 e. The molecule has 0 saturated heterocycles. The Morgan fingerprint density at radius 1 is 1.33 bits per heavy atom. The molecule has 0 bridgehead atoms. The van der Waals surface area contributed by atoms with Gasteiger partial charge in [0.05, 0.1) is 4.90 Å². The number of sulfonamides is 1. The fraction of sp³-hybridized carbons (Fsp3) is 0.538. The summed E-state index contributed by atoms with van der Waals surface area (Å²) in [5.41, 5.74) is 5.80. The number of hydrogen-bond acceptors (Lipinski definition) is 3. The van der Waals surface area contributed by atoms with Crippen LogP contribution in [0.15, 0.2) is 29.2 Å². The van der Waals surface area contributed by atoms with E-state index in [0.29, 0.717) is 24.3 Å². The highest BCUT2D eigenvalue weighted by atomic mass is 32.2. The molecule has 0 amide bonds. The quantitative estimate of drug-likeness (QED) is 0.828. The highest BCUT2D eigenvalue weighted by Crippen LogP contribution is 2.20. The molecule has 1 atom stereocenters. The molecule has 0 heterocycles. The Morgan fingerprint density at radius 3 is 2.44 bits per heavy atom. The van der Waals surface area contributed by atoms with E-state index >= 15 is 0 Å². The molecule has 0 aromatic heterocycles. The molecule has 0 aliphatic heterocycles. The third-order valence-electron chi connectivity index (χ3n) is 3.24. The van der Waals surface area contributed by atoms with Crippen LogP contribution in [0, 0.1) is 6.92 Å². The van der Waals surface area contributed by atoms with Crippen molar-refractivity contribution in [2.45, 2.75) is 44.0 Å². The van der Waals surface area contributed by atoms with Crippen LogP contribution in [0.4, 0.5) is 0 Å². The summed E-state index contributed by atoms with van der Waals surface area (Å²) in [7, 11) is -3.49. The Labute approximate surface area is 110 Å². The minimum Gasteiger partial charge on any atom is -0.330 e. The van der Waals surface area contributed by atoms with Gasteiger partial charge in [0.25, 0.3) is 0 Å². The second kappa shape index (κ2) is 5.82. The van der Waals surface area contributed by atoms with Crippen LogP contribution in [0.2, 0.25) is 0 Å². The molecule has 0 radical (unpaired) electrons. The number of nitrogens with one attached hydrogen (secondary N) is 1. The van der Waals surface area contributed by atoms with Gasteiger partial charge in [0.2, 0.25) is 10.0 Å². The first-order valence-corrected chi connectivity index (χ1v) is 7.62. The topological polar surface area (TPSA) is 72.2 Å². The van der Waals surface area contributed by atoms with Crippen molar-refractivity contribution in [3.05, 3.63) is 29.8 Å². The van der Waals surface area contributed by atoms with E-state index in [2.05, 4.69) is 4.72 Å². The van der Waals surface area contributed by atoms with Gasteiger partial charge in [0.15, 0.2) is 0 Å². The third-order valence-corrected chi connectivity index (χ3v) is 5.04. The van der Waals surface area contributed by atoms with Crippen LogP contribution in [0.1, 0.15) is 32.3 Å². The minimum absolute atomic E-state index is 0.335. The van der Waals surface area contributed by atoms with Crippen molar-refractivity contribution in [1.82, 2.24) is 4.72 Å². The summed E-state index contributed by atoms with van der Waals surface area (Å²) in [6.07, 6.45) is 1.32. The van der Waals surface area contributed by atoms with Gasteiger partial charge in [-0.25, -0.2) is 13.1 Å². The molecular weight excluding hydrogens is 248 g/mol. The van der Waals surface area contributed by atoms with E-state index in [9.17, 15) is 8.42 Å². The lowest BCUT2D eigenvalue weighted by atomic mass is 9.96. The van der Waals surface area contributed by atoms with Gasteiger partial charge < -0.3 is 5.73 Å². The lowest BCUT2D eigenvalue weighted by Gasteiger charge is -2.29. The number of hydrogen-bond donors (Lipinski definition) is 2. The second-order valence-corrected chi connectivity index (χ2v) is 6.47. The molecule has 1 rings (SSSR count). The van der Waals surface area contributed by atoms with E-state index < -0.39 is 15.6 Å². The van der Waals surface area contributed by atoms with Crippen LogP contribution >= 0.6 is 0 Å². The fourth-order valence-electron chi connectivity index (χ4n) is 1.86. The molecule has 18 heavy (non-hydrogen) atoms. The molecule has 4 nitrogen and oxygen atoms in total. The van der Waals surface area contributed by atoms with E-state index in [1.165, 1.54) is 0 Å². The molecule has 0 aliphatic rings. The number of rotatable bonds is 6. The van der Waals surface area contributed by atoms with Gasteiger partial charge in [-0.1, -0.05) is 25.1 Å². The summed E-state index contributed by atoms with van der Waals surface area (Å²) in [5, 5.41) is 0. The monoisotopic (exact) mass is 270 g/mol. The van der Waals surface area contributed by atoms with Crippen LogP contribution in [0.5, 0.6) is 0 Å². The van der Waals surface area contributed by atoms with Crippen LogP contribution in [-0.2, 0) is 10.0 Å². The number of benzene rings is 1. The molecule has 1 unspecified atom stereocenters. The molecule has 0 saturated carbocycles. The Hall–Kier alpha value is -0.910. The predicted octanol–water partition coefficient (Wildman–Crippen LogP) is 1.79. The number of nitrogens with two attached hydrogens (primary N) is 1. The lowest BCUT2D eigenvalue weighted by molar-refractivity contribution is 0.379. The molecule has 0 spiro atoms. The van der Waals surface area contributed by atoms with E-state index in [0.717, 1.165) is 5.56 Å². The zero-order valence-corrected chi connectivity index (χ0v) is 12.0. The molecule has 0 fully saturated rings. The van der Waals surface area contributed by atoms with E-state index in [1.54, 1.807) is 25.1 Å². The SMILES string of the molecule is CCC(C)(CCN)NS(=O)(=O)c1ccccc1C. The Kier molecular flexibility index (Phi) is 4.90. The number of aryl methyl sites for hydroxylation is 1. The van der Waals surface area contributed by atoms with Crippen molar-refractivity contribution in [3.63, 3.8) is 0 Å². The van der Waals surface area contributed by atoms with Crippen molar-refractivity contribution in [3.8, 4) is 0 Å². The predicted molar refractivity (Wildman–Crippen MR) is 73.9 cm³/mol. The standard InChI is InChI=1S/C13H22N2O2S/c1-4-13(3,9-10-14)15-18(16,17)12-8-6-5-7-11(12)2/h5-8,15H,4,9-10,14H2,1-3H3. The highest BCUT2D eigenvalue weighted by molar-refractivity contribution is 7.89. The average molecular weight is 270 g/mol. The summed E-state index contributed by atoms with van der Waals surface area (Å²) in [6, 6.07) is 6.97. The molecule has 0 aliphatic carbocycles. The maximum absolute atomic E-state index is 12.4. The van der Waals surface area contributed by atoms with E-state index in [1.807, 2.05) is 19.9 Å². The van der Waals surface area contributed by atoms with Crippen molar-refractivity contribution in [2.24, 2.45) is 5.73 Å². The van der Waals surface area contributed by atoms with E-state index in [4.69, 9.17) is 5.73 Å². The average Bonchev–Trinajstić information content (AvgIpc) is 2.29. The van der Waals surface area contributed by atoms with Crippen molar-refractivity contribution >= 4 is 10.0 Å². The first kappa shape index (κ1) is 15.1. The van der Waals surface area contributed by atoms with Gasteiger partial charge in [-0.05, 0) is 44.9 Å². The Bertz CT molecular complexity index is 499. The minimum atomic E-state index is -3.49. The molecule has 102 valence electrons. The molecule has 1 aromatic carbocycles. The molecular formula is C13H22N2O2S. The normalized spacial score (nSPS) is 15.3. The van der Waals surface area contributed by atoms with Crippen molar-refractivity contribution in [1.29, 1.82) is 0 Å². The zero-order chi connectivity index (χ0) is 13.8. The summed E-state index contributed by atoms with van der Waals surface area (Å²) in [4.78, 5) is 0.335. The van der Waals surface area contributed by atoms with Crippen molar-refractivity contribution < 1.29 is 8.42 Å². The maximum Gasteiger partial charge on any atom is 0.241 e. The van der Waals surface area contributed by atoms with Gasteiger partial charge in [0, 0.05) is 5.54 Å². The third kappa shape index (κ3) is 3.54. The Balaban J connectivity index is 3.06. The van der Waals surface area contributed by atoms with Gasteiger partial charge in [-0.15, -0.1) is 0 Å². The highest BCUT2D eigenvalue weighted by Gasteiger charge is 2.28. The Morgan fingerprint density at radius 2 is 1.94 bits per heavy atom. The van der Waals surface area contributed by atoms with Crippen LogP contribution in [0.25, 0.3) is 0 Å². The second-order valence-electron chi connectivity index (χ2n) is 4.82. The van der Waals surface area contributed by atoms with Gasteiger partial charge in [-0.3, -0.25) is 0 Å². The summed E-state index contributed by atoms with van der Waals surface area (Å²) in [5.74, 6) is 0. The van der Waals surface area contributed by atoms with Gasteiger partial charge in [-0.2, -0.15) is 0 Å².